The summed E-state index contributed by atoms with van der Waals surface area (Å²) in [5.74, 6) is 0.977. The SMILES string of the molecule is C[C@H]1Oc2ccccc2CN(C2CC2)C1=O. The molecule has 0 unspecified atom stereocenters. The van der Waals surface area contributed by atoms with Crippen molar-refractivity contribution in [1.82, 2.24) is 4.90 Å². The zero-order valence-electron chi connectivity index (χ0n) is 9.35. The maximum Gasteiger partial charge on any atom is 0.263 e. The maximum absolute atomic E-state index is 12.1. The standard InChI is InChI=1S/C13H15NO2/c1-9-13(15)14(11-6-7-11)8-10-4-2-3-5-12(10)16-9/h2-5,9,11H,6-8H2,1H3/t9-/m1/s1. The fourth-order valence-corrected chi connectivity index (χ4v) is 2.18. The van der Waals surface area contributed by atoms with E-state index in [0.717, 1.165) is 24.2 Å². The molecule has 3 heteroatoms. The van der Waals surface area contributed by atoms with E-state index in [9.17, 15) is 4.79 Å². The summed E-state index contributed by atoms with van der Waals surface area (Å²) in [6.07, 6.45) is 1.92. The fraction of sp³-hybridized carbons (Fsp3) is 0.462. The molecule has 1 aliphatic carbocycles. The van der Waals surface area contributed by atoms with Crippen LogP contribution >= 0.6 is 0 Å². The molecule has 1 fully saturated rings. The molecule has 84 valence electrons. The summed E-state index contributed by atoms with van der Waals surface area (Å²) in [6, 6.07) is 8.37. The van der Waals surface area contributed by atoms with Crippen LogP contribution in [-0.2, 0) is 11.3 Å². The first-order chi connectivity index (χ1) is 7.75. The number of para-hydroxylation sites is 1. The number of ether oxygens (including phenoxy) is 1. The van der Waals surface area contributed by atoms with Crippen LogP contribution in [0, 0.1) is 0 Å². The van der Waals surface area contributed by atoms with Gasteiger partial charge in [0, 0.05) is 18.2 Å². The first-order valence-corrected chi connectivity index (χ1v) is 5.81. The van der Waals surface area contributed by atoms with E-state index in [0.29, 0.717) is 12.6 Å². The van der Waals surface area contributed by atoms with Crippen LogP contribution < -0.4 is 4.74 Å². The first-order valence-electron chi connectivity index (χ1n) is 5.81. The third-order valence-corrected chi connectivity index (χ3v) is 3.24. The van der Waals surface area contributed by atoms with Gasteiger partial charge in [-0.15, -0.1) is 0 Å². The van der Waals surface area contributed by atoms with Crippen LogP contribution in [0.2, 0.25) is 0 Å². The van der Waals surface area contributed by atoms with Crippen molar-refractivity contribution in [3.63, 3.8) is 0 Å². The molecule has 1 aliphatic heterocycles. The molecular weight excluding hydrogens is 202 g/mol. The van der Waals surface area contributed by atoms with E-state index in [2.05, 4.69) is 0 Å². The highest BCUT2D eigenvalue weighted by Gasteiger charge is 2.37. The normalized spacial score (nSPS) is 24.7. The largest absolute Gasteiger partial charge is 0.481 e. The summed E-state index contributed by atoms with van der Waals surface area (Å²) in [4.78, 5) is 14.1. The lowest BCUT2D eigenvalue weighted by molar-refractivity contribution is -0.138. The second kappa shape index (κ2) is 3.51. The number of nitrogens with zero attached hydrogens (tertiary/aromatic N) is 1. The van der Waals surface area contributed by atoms with Gasteiger partial charge < -0.3 is 9.64 Å². The van der Waals surface area contributed by atoms with Gasteiger partial charge >= 0.3 is 0 Å². The van der Waals surface area contributed by atoms with Crippen LogP contribution in [0.4, 0.5) is 0 Å². The minimum Gasteiger partial charge on any atom is -0.481 e. The molecule has 0 saturated heterocycles. The third kappa shape index (κ3) is 1.56. The highest BCUT2D eigenvalue weighted by molar-refractivity contribution is 5.82. The molecule has 1 aromatic rings. The summed E-state index contributed by atoms with van der Waals surface area (Å²) in [6.45, 7) is 2.53. The Morgan fingerprint density at radius 2 is 2.06 bits per heavy atom. The monoisotopic (exact) mass is 217 g/mol. The molecule has 1 aromatic carbocycles. The van der Waals surface area contributed by atoms with Gasteiger partial charge in [0.15, 0.2) is 6.10 Å². The molecular formula is C13H15NO2. The molecule has 1 atom stereocenters. The van der Waals surface area contributed by atoms with Crippen LogP contribution in [0.1, 0.15) is 25.3 Å². The number of carbonyl (C=O) groups is 1. The van der Waals surface area contributed by atoms with Crippen molar-refractivity contribution < 1.29 is 9.53 Å². The van der Waals surface area contributed by atoms with Crippen LogP contribution in [0.15, 0.2) is 24.3 Å². The lowest BCUT2D eigenvalue weighted by atomic mass is 10.2. The Morgan fingerprint density at radius 3 is 2.81 bits per heavy atom. The molecule has 16 heavy (non-hydrogen) atoms. The van der Waals surface area contributed by atoms with Crippen molar-refractivity contribution in [2.45, 2.75) is 38.5 Å². The van der Waals surface area contributed by atoms with Gasteiger partial charge in [-0.05, 0) is 25.8 Å². The molecule has 1 heterocycles. The topological polar surface area (TPSA) is 29.5 Å². The van der Waals surface area contributed by atoms with E-state index >= 15 is 0 Å². The molecule has 0 N–H and O–H groups in total. The van der Waals surface area contributed by atoms with E-state index < -0.39 is 0 Å². The van der Waals surface area contributed by atoms with Crippen LogP contribution in [0.3, 0.4) is 0 Å². The lowest BCUT2D eigenvalue weighted by Crippen LogP contribution is -2.39. The third-order valence-electron chi connectivity index (χ3n) is 3.24. The van der Waals surface area contributed by atoms with Crippen LogP contribution in [0.5, 0.6) is 5.75 Å². The lowest BCUT2D eigenvalue weighted by Gasteiger charge is -2.21. The summed E-state index contributed by atoms with van der Waals surface area (Å²) < 4.78 is 5.69. The van der Waals surface area contributed by atoms with Gasteiger partial charge in [-0.3, -0.25) is 4.79 Å². The number of hydrogen-bond acceptors (Lipinski definition) is 2. The van der Waals surface area contributed by atoms with Gasteiger partial charge in [0.25, 0.3) is 5.91 Å². The average Bonchev–Trinajstić information content (AvgIpc) is 3.10. The predicted molar refractivity (Wildman–Crippen MR) is 60.1 cm³/mol. The van der Waals surface area contributed by atoms with E-state index in [1.54, 1.807) is 0 Å². The second-order valence-electron chi connectivity index (χ2n) is 4.57. The van der Waals surface area contributed by atoms with Crippen molar-refractivity contribution in [2.75, 3.05) is 0 Å². The molecule has 0 spiro atoms. The zero-order valence-corrected chi connectivity index (χ0v) is 9.35. The Bertz CT molecular complexity index is 426. The summed E-state index contributed by atoms with van der Waals surface area (Å²) in [5.41, 5.74) is 1.12. The van der Waals surface area contributed by atoms with E-state index in [-0.39, 0.29) is 12.0 Å². The van der Waals surface area contributed by atoms with Gasteiger partial charge in [0.1, 0.15) is 5.75 Å². The number of fused-ring (bicyclic) bond motifs is 1. The van der Waals surface area contributed by atoms with Crippen molar-refractivity contribution in [3.8, 4) is 5.75 Å². The Kier molecular flexibility index (Phi) is 2.13. The van der Waals surface area contributed by atoms with E-state index in [1.165, 1.54) is 0 Å². The highest BCUT2D eigenvalue weighted by Crippen LogP contribution is 2.33. The number of carbonyl (C=O) groups excluding carboxylic acids is 1. The molecule has 0 radical (unpaired) electrons. The van der Waals surface area contributed by atoms with Gasteiger partial charge in [-0.25, -0.2) is 0 Å². The zero-order chi connectivity index (χ0) is 11.1. The minimum absolute atomic E-state index is 0.124. The Balaban J connectivity index is 1.97. The van der Waals surface area contributed by atoms with Crippen molar-refractivity contribution in [3.05, 3.63) is 29.8 Å². The van der Waals surface area contributed by atoms with E-state index in [4.69, 9.17) is 4.74 Å². The van der Waals surface area contributed by atoms with Crippen LogP contribution in [0.25, 0.3) is 0 Å². The smallest absolute Gasteiger partial charge is 0.263 e. The van der Waals surface area contributed by atoms with Crippen LogP contribution in [-0.4, -0.2) is 23.0 Å². The fourth-order valence-electron chi connectivity index (χ4n) is 2.18. The Morgan fingerprint density at radius 1 is 1.31 bits per heavy atom. The Labute approximate surface area is 95.0 Å². The maximum atomic E-state index is 12.1. The highest BCUT2D eigenvalue weighted by atomic mass is 16.5. The molecule has 0 aromatic heterocycles. The number of amides is 1. The molecule has 1 saturated carbocycles. The van der Waals surface area contributed by atoms with Gasteiger partial charge in [0.2, 0.25) is 0 Å². The number of benzene rings is 1. The van der Waals surface area contributed by atoms with E-state index in [1.807, 2.05) is 36.1 Å². The summed E-state index contributed by atoms with van der Waals surface area (Å²) in [5, 5.41) is 0. The second-order valence-corrected chi connectivity index (χ2v) is 4.57. The number of hydrogen-bond donors (Lipinski definition) is 0. The summed E-state index contributed by atoms with van der Waals surface area (Å²) in [7, 11) is 0. The quantitative estimate of drug-likeness (QED) is 0.719. The molecule has 0 bridgehead atoms. The van der Waals surface area contributed by atoms with Crippen molar-refractivity contribution in [2.24, 2.45) is 0 Å². The van der Waals surface area contributed by atoms with Crippen molar-refractivity contribution >= 4 is 5.91 Å². The van der Waals surface area contributed by atoms with Gasteiger partial charge in [-0.2, -0.15) is 0 Å². The van der Waals surface area contributed by atoms with Crippen molar-refractivity contribution in [1.29, 1.82) is 0 Å². The molecule has 2 aliphatic rings. The minimum atomic E-state index is -0.357. The van der Waals surface area contributed by atoms with Gasteiger partial charge in [-0.1, -0.05) is 18.2 Å². The van der Waals surface area contributed by atoms with Gasteiger partial charge in [0.05, 0.1) is 0 Å². The predicted octanol–water partition coefficient (Wildman–Crippen LogP) is 1.96. The first kappa shape index (κ1) is 9.70. The summed E-state index contributed by atoms with van der Waals surface area (Å²) >= 11 is 0. The number of rotatable bonds is 1. The Hall–Kier alpha value is -1.51. The molecule has 3 nitrogen and oxygen atoms in total. The average molecular weight is 217 g/mol. The molecule has 3 rings (SSSR count). The molecule has 1 amide bonds.